The summed E-state index contributed by atoms with van der Waals surface area (Å²) in [6.45, 7) is 5.12. The first-order valence-corrected chi connectivity index (χ1v) is 7.65. The molecule has 3 saturated carbocycles. The van der Waals surface area contributed by atoms with Crippen molar-refractivity contribution in [2.45, 2.75) is 64.9 Å². The second-order valence-electron chi connectivity index (χ2n) is 7.39. The molecule has 0 heterocycles. The molecule has 0 aromatic carbocycles. The van der Waals surface area contributed by atoms with E-state index in [0.29, 0.717) is 11.5 Å². The fraction of sp³-hybridized carbons (Fsp3) is 1.00. The van der Waals surface area contributed by atoms with Gasteiger partial charge in [0, 0.05) is 7.11 Å². The molecule has 3 unspecified atom stereocenters. The fourth-order valence-corrected chi connectivity index (χ4v) is 5.57. The average molecular weight is 236 g/mol. The Labute approximate surface area is 106 Å². The standard InChI is InChI=1S/C16H28O/c1-16(2)13-7-4-12(10-13)15(16)11-5-8-14(17-3)9-6-11/h11-15H,4-10H2,1-3H3. The molecular weight excluding hydrogens is 208 g/mol. The first-order chi connectivity index (χ1) is 8.13. The van der Waals surface area contributed by atoms with Gasteiger partial charge in [0.2, 0.25) is 0 Å². The van der Waals surface area contributed by atoms with Crippen molar-refractivity contribution >= 4 is 0 Å². The van der Waals surface area contributed by atoms with Gasteiger partial charge in [0.15, 0.2) is 0 Å². The van der Waals surface area contributed by atoms with Crippen LogP contribution >= 0.6 is 0 Å². The van der Waals surface area contributed by atoms with Crippen LogP contribution in [0.1, 0.15) is 58.8 Å². The molecule has 98 valence electrons. The van der Waals surface area contributed by atoms with Gasteiger partial charge in [0.05, 0.1) is 6.10 Å². The summed E-state index contributed by atoms with van der Waals surface area (Å²) >= 11 is 0. The highest BCUT2D eigenvalue weighted by Crippen LogP contribution is 2.63. The predicted octanol–water partition coefficient (Wildman–Crippen LogP) is 4.26. The van der Waals surface area contributed by atoms with Gasteiger partial charge in [-0.3, -0.25) is 0 Å². The predicted molar refractivity (Wildman–Crippen MR) is 70.9 cm³/mol. The highest BCUT2D eigenvalue weighted by Gasteiger charge is 2.54. The lowest BCUT2D eigenvalue weighted by Gasteiger charge is -2.45. The third-order valence-corrected chi connectivity index (χ3v) is 6.45. The van der Waals surface area contributed by atoms with E-state index in [4.69, 9.17) is 4.74 Å². The van der Waals surface area contributed by atoms with Crippen molar-refractivity contribution in [3.8, 4) is 0 Å². The molecule has 3 rings (SSSR count). The molecular formula is C16H28O. The Morgan fingerprint density at radius 1 is 0.882 bits per heavy atom. The normalized spacial score (nSPS) is 48.5. The lowest BCUT2D eigenvalue weighted by Crippen LogP contribution is -2.38. The van der Waals surface area contributed by atoms with Crippen molar-refractivity contribution < 1.29 is 4.74 Å². The van der Waals surface area contributed by atoms with Gasteiger partial charge in [0.1, 0.15) is 0 Å². The number of methoxy groups -OCH3 is 1. The van der Waals surface area contributed by atoms with Gasteiger partial charge in [-0.2, -0.15) is 0 Å². The van der Waals surface area contributed by atoms with Crippen LogP contribution in [-0.2, 0) is 4.74 Å². The van der Waals surface area contributed by atoms with Gasteiger partial charge in [-0.15, -0.1) is 0 Å². The Kier molecular flexibility index (Phi) is 3.01. The maximum Gasteiger partial charge on any atom is 0.0571 e. The minimum Gasteiger partial charge on any atom is -0.381 e. The number of hydrogen-bond donors (Lipinski definition) is 0. The molecule has 3 aliphatic rings. The average Bonchev–Trinajstić information content (AvgIpc) is 2.87. The van der Waals surface area contributed by atoms with Crippen LogP contribution < -0.4 is 0 Å². The molecule has 17 heavy (non-hydrogen) atoms. The maximum absolute atomic E-state index is 5.52. The zero-order valence-electron chi connectivity index (χ0n) is 11.7. The zero-order valence-corrected chi connectivity index (χ0v) is 11.7. The van der Waals surface area contributed by atoms with E-state index in [1.165, 1.54) is 38.5 Å². The maximum atomic E-state index is 5.52. The minimum absolute atomic E-state index is 0.563. The second-order valence-corrected chi connectivity index (χ2v) is 7.39. The molecule has 0 aromatic heterocycles. The highest BCUT2D eigenvalue weighted by atomic mass is 16.5. The summed E-state index contributed by atoms with van der Waals surface area (Å²) in [6.07, 6.45) is 10.6. The van der Waals surface area contributed by atoms with E-state index >= 15 is 0 Å². The monoisotopic (exact) mass is 236 g/mol. The molecule has 0 N–H and O–H groups in total. The van der Waals surface area contributed by atoms with Crippen LogP contribution in [0.3, 0.4) is 0 Å². The Bertz CT molecular complexity index is 275. The second kappa shape index (κ2) is 4.26. The molecule has 0 radical (unpaired) electrons. The molecule has 1 nitrogen and oxygen atoms in total. The Balaban J connectivity index is 1.69. The van der Waals surface area contributed by atoms with Crippen LogP contribution in [0.5, 0.6) is 0 Å². The number of rotatable bonds is 2. The third kappa shape index (κ3) is 1.85. The first-order valence-electron chi connectivity index (χ1n) is 7.65. The summed E-state index contributed by atoms with van der Waals surface area (Å²) in [4.78, 5) is 0. The van der Waals surface area contributed by atoms with Crippen molar-refractivity contribution in [1.82, 2.24) is 0 Å². The molecule has 0 saturated heterocycles. The lowest BCUT2D eigenvalue weighted by atomic mass is 9.61. The fourth-order valence-electron chi connectivity index (χ4n) is 5.57. The van der Waals surface area contributed by atoms with Crippen LogP contribution in [0, 0.1) is 29.1 Å². The van der Waals surface area contributed by atoms with Crippen molar-refractivity contribution in [2.24, 2.45) is 29.1 Å². The molecule has 0 amide bonds. The van der Waals surface area contributed by atoms with E-state index in [1.54, 1.807) is 6.42 Å². The first kappa shape index (κ1) is 12.0. The van der Waals surface area contributed by atoms with Gasteiger partial charge in [-0.1, -0.05) is 13.8 Å². The van der Waals surface area contributed by atoms with Gasteiger partial charge < -0.3 is 4.74 Å². The highest BCUT2D eigenvalue weighted by molar-refractivity contribution is 5.04. The van der Waals surface area contributed by atoms with Crippen molar-refractivity contribution in [3.63, 3.8) is 0 Å². The topological polar surface area (TPSA) is 9.23 Å². The molecule has 3 fully saturated rings. The molecule has 0 aliphatic heterocycles. The molecule has 3 aliphatic carbocycles. The number of fused-ring (bicyclic) bond motifs is 2. The van der Waals surface area contributed by atoms with E-state index < -0.39 is 0 Å². The van der Waals surface area contributed by atoms with Crippen LogP contribution in [0.2, 0.25) is 0 Å². The van der Waals surface area contributed by atoms with Gasteiger partial charge in [-0.25, -0.2) is 0 Å². The Morgan fingerprint density at radius 2 is 1.53 bits per heavy atom. The summed E-state index contributed by atoms with van der Waals surface area (Å²) in [5.41, 5.74) is 0.632. The molecule has 1 heteroatoms. The zero-order chi connectivity index (χ0) is 12.0. The summed E-state index contributed by atoms with van der Waals surface area (Å²) < 4.78 is 5.52. The molecule has 0 spiro atoms. The van der Waals surface area contributed by atoms with Crippen LogP contribution in [0.15, 0.2) is 0 Å². The van der Waals surface area contributed by atoms with Gasteiger partial charge in [0.25, 0.3) is 0 Å². The minimum atomic E-state index is 0.563. The van der Waals surface area contributed by atoms with E-state index in [0.717, 1.165) is 23.7 Å². The van der Waals surface area contributed by atoms with Crippen LogP contribution in [0.25, 0.3) is 0 Å². The van der Waals surface area contributed by atoms with E-state index in [9.17, 15) is 0 Å². The smallest absolute Gasteiger partial charge is 0.0571 e. The Morgan fingerprint density at radius 3 is 2.06 bits per heavy atom. The van der Waals surface area contributed by atoms with Gasteiger partial charge >= 0.3 is 0 Å². The van der Waals surface area contributed by atoms with Crippen molar-refractivity contribution in [1.29, 1.82) is 0 Å². The van der Waals surface area contributed by atoms with Crippen molar-refractivity contribution in [2.75, 3.05) is 7.11 Å². The SMILES string of the molecule is COC1CCC(C2C3CCC(C3)C2(C)C)CC1. The lowest BCUT2D eigenvalue weighted by molar-refractivity contribution is 0.00571. The third-order valence-electron chi connectivity index (χ3n) is 6.45. The largest absolute Gasteiger partial charge is 0.381 e. The van der Waals surface area contributed by atoms with Gasteiger partial charge in [-0.05, 0) is 74.0 Å². The number of hydrogen-bond acceptors (Lipinski definition) is 1. The molecule has 2 bridgehead atoms. The van der Waals surface area contributed by atoms with Crippen LogP contribution in [0.4, 0.5) is 0 Å². The quantitative estimate of drug-likeness (QED) is 0.696. The van der Waals surface area contributed by atoms with Crippen molar-refractivity contribution in [3.05, 3.63) is 0 Å². The molecule has 0 aromatic rings. The Hall–Kier alpha value is -0.0400. The summed E-state index contributed by atoms with van der Waals surface area (Å²) in [6, 6.07) is 0. The van der Waals surface area contributed by atoms with E-state index in [-0.39, 0.29) is 0 Å². The van der Waals surface area contributed by atoms with E-state index in [1.807, 2.05) is 7.11 Å². The summed E-state index contributed by atoms with van der Waals surface area (Å²) in [5, 5.41) is 0. The van der Waals surface area contributed by atoms with Crippen LogP contribution in [-0.4, -0.2) is 13.2 Å². The summed E-state index contributed by atoms with van der Waals surface area (Å²) in [5.74, 6) is 4.14. The molecule has 3 atom stereocenters. The number of ether oxygens (including phenoxy) is 1. The van der Waals surface area contributed by atoms with E-state index in [2.05, 4.69) is 13.8 Å². The summed E-state index contributed by atoms with van der Waals surface area (Å²) in [7, 11) is 1.88.